The largest absolute Gasteiger partial charge is 0.298 e. The third kappa shape index (κ3) is 3.59. The van der Waals surface area contributed by atoms with E-state index in [0.717, 1.165) is 23.8 Å². The van der Waals surface area contributed by atoms with Crippen molar-refractivity contribution in [3.63, 3.8) is 0 Å². The summed E-state index contributed by atoms with van der Waals surface area (Å²) < 4.78 is 0. The maximum absolute atomic E-state index is 10.6. The lowest BCUT2D eigenvalue weighted by molar-refractivity contribution is 0.112. The Hall–Kier alpha value is -2.06. The Morgan fingerprint density at radius 2 is 2.31 bits per heavy atom. The van der Waals surface area contributed by atoms with Crippen molar-refractivity contribution in [2.75, 3.05) is 6.54 Å². The first kappa shape index (κ1) is 12.0. The number of carbonyl (C=O) groups is 1. The van der Waals surface area contributed by atoms with Crippen molar-refractivity contribution >= 4 is 12.4 Å². The number of azide groups is 1. The molecule has 0 spiro atoms. The quantitative estimate of drug-likeness (QED) is 0.243. The van der Waals surface area contributed by atoms with E-state index in [9.17, 15) is 4.79 Å². The summed E-state index contributed by atoms with van der Waals surface area (Å²) in [4.78, 5) is 13.3. The van der Waals surface area contributed by atoms with Crippen molar-refractivity contribution in [2.45, 2.75) is 13.3 Å². The van der Waals surface area contributed by atoms with Gasteiger partial charge in [-0.05, 0) is 30.0 Å². The van der Waals surface area contributed by atoms with Crippen LogP contribution in [0.5, 0.6) is 0 Å². The zero-order valence-electron chi connectivity index (χ0n) is 9.13. The highest BCUT2D eigenvalue weighted by atomic mass is 16.1. The van der Waals surface area contributed by atoms with Crippen molar-refractivity contribution in [1.29, 1.82) is 0 Å². The van der Waals surface area contributed by atoms with Gasteiger partial charge in [0.15, 0.2) is 0 Å². The second-order valence-corrected chi connectivity index (χ2v) is 3.38. The summed E-state index contributed by atoms with van der Waals surface area (Å²) in [5.41, 5.74) is 10.8. The van der Waals surface area contributed by atoms with Crippen LogP contribution in [0, 0.1) is 6.92 Å². The molecule has 0 saturated carbocycles. The van der Waals surface area contributed by atoms with Gasteiger partial charge < -0.3 is 0 Å². The molecule has 0 heterocycles. The molecule has 0 aromatic heterocycles. The van der Waals surface area contributed by atoms with Crippen LogP contribution in [0.4, 0.5) is 0 Å². The van der Waals surface area contributed by atoms with Crippen molar-refractivity contribution in [2.24, 2.45) is 5.11 Å². The molecule has 1 rings (SSSR count). The Morgan fingerprint density at radius 3 is 2.94 bits per heavy atom. The number of carbonyl (C=O) groups excluding carboxylic acids is 1. The molecule has 16 heavy (non-hydrogen) atoms. The van der Waals surface area contributed by atoms with Gasteiger partial charge in [-0.25, -0.2) is 0 Å². The van der Waals surface area contributed by atoms with Gasteiger partial charge in [0.05, 0.1) is 0 Å². The van der Waals surface area contributed by atoms with E-state index in [1.54, 1.807) is 6.07 Å². The highest BCUT2D eigenvalue weighted by Gasteiger charge is 1.95. The van der Waals surface area contributed by atoms with Gasteiger partial charge in [-0.1, -0.05) is 35.5 Å². The summed E-state index contributed by atoms with van der Waals surface area (Å²) in [5.74, 6) is 0. The summed E-state index contributed by atoms with van der Waals surface area (Å²) in [6.07, 6.45) is 5.47. The minimum Gasteiger partial charge on any atom is -0.298 e. The molecular weight excluding hydrogens is 202 g/mol. The Morgan fingerprint density at radius 1 is 1.50 bits per heavy atom. The monoisotopic (exact) mass is 215 g/mol. The van der Waals surface area contributed by atoms with Crippen LogP contribution in [-0.2, 0) is 0 Å². The molecule has 0 radical (unpaired) electrons. The summed E-state index contributed by atoms with van der Waals surface area (Å²) in [5, 5.41) is 3.43. The Balaban J connectivity index is 2.64. The Labute approximate surface area is 94.2 Å². The van der Waals surface area contributed by atoms with E-state index in [0.29, 0.717) is 12.1 Å². The number of aryl methyl sites for hydroxylation is 1. The maximum Gasteiger partial charge on any atom is 0.150 e. The lowest BCUT2D eigenvalue weighted by Gasteiger charge is -1.99. The van der Waals surface area contributed by atoms with E-state index in [2.05, 4.69) is 10.0 Å². The molecule has 0 N–H and O–H groups in total. The van der Waals surface area contributed by atoms with Gasteiger partial charge in [0.25, 0.3) is 0 Å². The molecule has 0 aliphatic heterocycles. The number of nitrogens with zero attached hydrogens (tertiary/aromatic N) is 3. The third-order valence-electron chi connectivity index (χ3n) is 2.19. The molecule has 0 aliphatic carbocycles. The van der Waals surface area contributed by atoms with Gasteiger partial charge >= 0.3 is 0 Å². The molecule has 82 valence electrons. The predicted molar refractivity (Wildman–Crippen MR) is 64.2 cm³/mol. The van der Waals surface area contributed by atoms with Crippen LogP contribution < -0.4 is 0 Å². The van der Waals surface area contributed by atoms with Crippen LogP contribution in [0.25, 0.3) is 16.5 Å². The standard InChI is InChI=1S/C12H13N3O/c1-10-8-11(5-6-12(10)9-16)4-2-3-7-14-15-13/h2,4-6,8-9H,3,7H2,1H3. The zero-order chi connectivity index (χ0) is 11.8. The molecule has 0 aliphatic rings. The van der Waals surface area contributed by atoms with Crippen LogP contribution in [0.2, 0.25) is 0 Å². The van der Waals surface area contributed by atoms with Gasteiger partial charge in [-0.2, -0.15) is 0 Å². The first-order valence-corrected chi connectivity index (χ1v) is 5.01. The fraction of sp³-hybridized carbons (Fsp3) is 0.250. The molecule has 0 amide bonds. The molecule has 4 nitrogen and oxygen atoms in total. The van der Waals surface area contributed by atoms with Crippen LogP contribution >= 0.6 is 0 Å². The minimum atomic E-state index is 0.471. The number of benzene rings is 1. The van der Waals surface area contributed by atoms with Gasteiger partial charge in [0, 0.05) is 17.0 Å². The van der Waals surface area contributed by atoms with E-state index in [1.807, 2.05) is 31.2 Å². The summed E-state index contributed by atoms with van der Waals surface area (Å²) in [6.45, 7) is 2.37. The summed E-state index contributed by atoms with van der Waals surface area (Å²) in [7, 11) is 0. The molecule has 1 aromatic rings. The van der Waals surface area contributed by atoms with Crippen LogP contribution in [-0.4, -0.2) is 12.8 Å². The average Bonchev–Trinajstić information content (AvgIpc) is 2.29. The Bertz CT molecular complexity index is 446. The van der Waals surface area contributed by atoms with Gasteiger partial charge in [0.1, 0.15) is 6.29 Å². The van der Waals surface area contributed by atoms with E-state index >= 15 is 0 Å². The fourth-order valence-corrected chi connectivity index (χ4v) is 1.33. The molecule has 0 bridgehead atoms. The molecule has 1 aromatic carbocycles. The number of rotatable bonds is 5. The van der Waals surface area contributed by atoms with Crippen molar-refractivity contribution in [3.8, 4) is 0 Å². The second-order valence-electron chi connectivity index (χ2n) is 3.38. The summed E-state index contributed by atoms with van der Waals surface area (Å²) in [6, 6.07) is 5.64. The lowest BCUT2D eigenvalue weighted by atomic mass is 10.1. The topological polar surface area (TPSA) is 65.8 Å². The number of hydrogen-bond donors (Lipinski definition) is 0. The van der Waals surface area contributed by atoms with E-state index in [1.165, 1.54) is 0 Å². The maximum atomic E-state index is 10.6. The number of hydrogen-bond acceptors (Lipinski definition) is 2. The van der Waals surface area contributed by atoms with E-state index in [4.69, 9.17) is 5.53 Å². The predicted octanol–water partition coefficient (Wildman–Crippen LogP) is 3.52. The molecule has 4 heteroatoms. The van der Waals surface area contributed by atoms with Crippen molar-refractivity contribution < 1.29 is 4.79 Å². The zero-order valence-corrected chi connectivity index (χ0v) is 9.13. The van der Waals surface area contributed by atoms with E-state index in [-0.39, 0.29) is 0 Å². The molecular formula is C12H13N3O. The molecule has 0 fully saturated rings. The van der Waals surface area contributed by atoms with Crippen LogP contribution in [0.15, 0.2) is 29.4 Å². The Kier molecular flexibility index (Phi) is 4.83. The first-order valence-electron chi connectivity index (χ1n) is 5.01. The van der Waals surface area contributed by atoms with Crippen molar-refractivity contribution in [3.05, 3.63) is 51.4 Å². The average molecular weight is 215 g/mol. The molecule has 0 unspecified atom stereocenters. The fourth-order valence-electron chi connectivity index (χ4n) is 1.33. The SMILES string of the molecule is Cc1cc(C=CCCN=[N+]=[N-])ccc1C=O. The lowest BCUT2D eigenvalue weighted by Crippen LogP contribution is -1.86. The minimum absolute atomic E-state index is 0.471. The second kappa shape index (κ2) is 6.43. The molecule has 0 saturated heterocycles. The highest BCUT2D eigenvalue weighted by Crippen LogP contribution is 2.10. The summed E-state index contributed by atoms with van der Waals surface area (Å²) >= 11 is 0. The van der Waals surface area contributed by atoms with Gasteiger partial charge in [-0.15, -0.1) is 0 Å². The highest BCUT2D eigenvalue weighted by molar-refractivity contribution is 5.77. The van der Waals surface area contributed by atoms with Gasteiger partial charge in [-0.3, -0.25) is 4.79 Å². The smallest absolute Gasteiger partial charge is 0.150 e. The van der Waals surface area contributed by atoms with Gasteiger partial charge in [0.2, 0.25) is 0 Å². The van der Waals surface area contributed by atoms with E-state index < -0.39 is 0 Å². The molecule has 0 atom stereocenters. The van der Waals surface area contributed by atoms with Crippen LogP contribution in [0.1, 0.15) is 27.9 Å². The normalized spacial score (nSPS) is 10.1. The first-order chi connectivity index (χ1) is 7.77. The third-order valence-corrected chi connectivity index (χ3v) is 2.19. The number of aldehydes is 1. The van der Waals surface area contributed by atoms with Crippen molar-refractivity contribution in [1.82, 2.24) is 0 Å². The van der Waals surface area contributed by atoms with Crippen LogP contribution in [0.3, 0.4) is 0 Å².